The average Bonchev–Trinajstić information content (AvgIpc) is 1.38. The molecule has 14 heteroatoms. The Morgan fingerprint density at radius 1 is 0.240 bits per heavy atom. The van der Waals surface area contributed by atoms with E-state index in [2.05, 4.69) is 47.2 Å². The van der Waals surface area contributed by atoms with Gasteiger partial charge in [-0.1, -0.05) is 144 Å². The van der Waals surface area contributed by atoms with E-state index in [1.54, 1.807) is 0 Å². The summed E-state index contributed by atoms with van der Waals surface area (Å²) in [5.41, 5.74) is 3.82. The van der Waals surface area contributed by atoms with Gasteiger partial charge in [-0.15, -0.1) is 0 Å². The summed E-state index contributed by atoms with van der Waals surface area (Å²) in [7, 11) is 0. The first-order valence-electron chi connectivity index (χ1n) is 37.4. The third-order valence-corrected chi connectivity index (χ3v) is 24.3. The minimum atomic E-state index is -0.361. The van der Waals surface area contributed by atoms with Gasteiger partial charge in [-0.05, 0) is 157 Å². The molecular weight excluding hydrogens is 1240 g/mol. The van der Waals surface area contributed by atoms with Gasteiger partial charge in [0.1, 0.15) is 0 Å². The van der Waals surface area contributed by atoms with Crippen LogP contribution in [-0.2, 0) is 13.1 Å². The lowest BCUT2D eigenvalue weighted by Crippen LogP contribution is -2.36. The molecule has 506 valence electrons. The van der Waals surface area contributed by atoms with Gasteiger partial charge in [-0.3, -0.25) is 56.6 Å². The summed E-state index contributed by atoms with van der Waals surface area (Å²) in [4.78, 5) is 123. The van der Waals surface area contributed by atoms with Crippen LogP contribution < -0.4 is 44.5 Å². The van der Waals surface area contributed by atoms with Crippen LogP contribution in [-0.4, -0.2) is 27.4 Å². The van der Waals surface area contributed by atoms with E-state index < -0.39 is 0 Å². The second kappa shape index (κ2) is 23.4. The number of aromatic nitrogens is 6. The standard InChI is InChI=1S/C86H84N6O8/c1-11-21-23-25-35-87-61-39-57-67-51(79(93)89(83(57)97)45(13-3)14-4)33-31-49-65-53(37-55-69-59(85(99)91(81(55)95)47(17-7)18-8)41-63(87)75(77(65)69)73(61)71(49)67)43-27-29-44(30-28-43)54-38-56-70-60(86(100)92(82(56)96)48(19-9)20-10)42-64-76-74-62(88(64)36-26-24-22-12-2)40-58-68-52(34-32-50(72(68)74)66(54)78(70)76)80(94)90(84(58)98)46(15-5)16-6/h27-34,37-42,45-48H,11-26,35-36H2,1-10H3. The molecule has 0 atom stereocenters. The predicted molar refractivity (Wildman–Crippen MR) is 417 cm³/mol. The van der Waals surface area contributed by atoms with E-state index in [4.69, 9.17) is 0 Å². The number of rotatable bonds is 24. The van der Waals surface area contributed by atoms with Crippen LogP contribution in [0.25, 0.3) is 174 Å². The van der Waals surface area contributed by atoms with E-state index in [1.165, 1.54) is 18.3 Å². The Bertz CT molecular complexity index is 6290. The lowest BCUT2D eigenvalue weighted by Gasteiger charge is -2.23. The van der Waals surface area contributed by atoms with Gasteiger partial charge in [0, 0.05) is 123 Å². The maximum atomic E-state index is 15.7. The van der Waals surface area contributed by atoms with E-state index in [9.17, 15) is 0 Å². The van der Waals surface area contributed by atoms with Crippen LogP contribution in [0.3, 0.4) is 0 Å². The number of nitrogens with zero attached hydrogens (tertiary/aromatic N) is 6. The first kappa shape index (κ1) is 63.6. The Balaban J connectivity index is 1.02. The number of aryl methyl sites for hydroxylation is 2. The summed E-state index contributed by atoms with van der Waals surface area (Å²) in [6.45, 7) is 21.8. The van der Waals surface area contributed by atoms with Crippen LogP contribution in [0, 0.1) is 0 Å². The molecule has 17 rings (SSSR count). The molecule has 100 heavy (non-hydrogen) atoms. The maximum Gasteiger partial charge on any atom is 0.261 e. The zero-order valence-corrected chi connectivity index (χ0v) is 59.1. The van der Waals surface area contributed by atoms with Crippen LogP contribution in [0.1, 0.15) is 196 Å². The third-order valence-electron chi connectivity index (χ3n) is 24.3. The van der Waals surface area contributed by atoms with Crippen LogP contribution in [0.5, 0.6) is 0 Å². The maximum absolute atomic E-state index is 15.7. The SMILES string of the molecule is CCCCCCn1c2cc3c(=O)n(C(CC)CC)c(=O)c4ccc5c6c(-c7ccc(-c8cc9c(=O)n(C(CC)CC)c(=O)c%10cc%11c%12c(c8c8ccc%13c(=O)n(C(CC)CC)c(=O)c%14cc(c%12c8c%13%14)n%11CCCCCC)c9%10)cc7)cc7c(=O)n(C(CC)CC)c(=O)c8cc1c(c6c78)c2c5c43. The summed E-state index contributed by atoms with van der Waals surface area (Å²) in [5.74, 6) is 0. The van der Waals surface area contributed by atoms with Crippen molar-refractivity contribution in [3.05, 3.63) is 168 Å². The molecule has 17 aromatic rings. The molecule has 0 unspecified atom stereocenters. The Hall–Kier alpha value is -9.82. The summed E-state index contributed by atoms with van der Waals surface area (Å²) < 4.78 is 10.5. The van der Waals surface area contributed by atoms with Crippen LogP contribution in [0.15, 0.2) is 123 Å². The second-order valence-corrected chi connectivity index (χ2v) is 29.1. The molecule has 0 radical (unpaired) electrons. The highest BCUT2D eigenvalue weighted by atomic mass is 16.2. The molecule has 0 saturated carbocycles. The molecule has 6 aromatic heterocycles. The second-order valence-electron chi connectivity index (χ2n) is 29.1. The quantitative estimate of drug-likeness (QED) is 0.0327. The van der Waals surface area contributed by atoms with E-state index >= 15 is 38.4 Å². The van der Waals surface area contributed by atoms with Gasteiger partial charge < -0.3 is 9.13 Å². The Morgan fingerprint density at radius 2 is 0.490 bits per heavy atom. The van der Waals surface area contributed by atoms with Crippen molar-refractivity contribution in [1.29, 1.82) is 0 Å². The van der Waals surface area contributed by atoms with E-state index in [0.717, 1.165) is 160 Å². The van der Waals surface area contributed by atoms with Gasteiger partial charge in [0.25, 0.3) is 44.5 Å². The van der Waals surface area contributed by atoms with Gasteiger partial charge in [-0.2, -0.15) is 0 Å². The minimum absolute atomic E-state index is 0.301. The van der Waals surface area contributed by atoms with Crippen molar-refractivity contribution in [1.82, 2.24) is 27.4 Å². The normalized spacial score (nSPS) is 13.1. The Morgan fingerprint density at radius 3 is 0.770 bits per heavy atom. The van der Waals surface area contributed by atoms with E-state index in [-0.39, 0.29) is 68.6 Å². The van der Waals surface area contributed by atoms with Crippen LogP contribution >= 0.6 is 0 Å². The van der Waals surface area contributed by atoms with Crippen molar-refractivity contribution in [3.63, 3.8) is 0 Å². The van der Waals surface area contributed by atoms with Crippen molar-refractivity contribution < 1.29 is 0 Å². The molecule has 0 aliphatic rings. The molecule has 0 saturated heterocycles. The highest BCUT2D eigenvalue weighted by molar-refractivity contribution is 6.49. The summed E-state index contributed by atoms with van der Waals surface area (Å²) in [6.07, 6.45) is 12.6. The fourth-order valence-corrected chi connectivity index (χ4v) is 19.3. The number of hydrogen-bond acceptors (Lipinski definition) is 8. The van der Waals surface area contributed by atoms with Crippen molar-refractivity contribution >= 4 is 151 Å². The highest BCUT2D eigenvalue weighted by Gasteiger charge is 2.35. The smallest absolute Gasteiger partial charge is 0.261 e. The van der Waals surface area contributed by atoms with Crippen molar-refractivity contribution in [2.45, 2.75) is 209 Å². The molecule has 0 amide bonds. The fourth-order valence-electron chi connectivity index (χ4n) is 19.3. The number of benzene rings is 11. The molecule has 0 bridgehead atoms. The van der Waals surface area contributed by atoms with Crippen molar-refractivity contribution in [3.8, 4) is 22.3 Å². The number of pyridine rings is 4. The van der Waals surface area contributed by atoms with Crippen molar-refractivity contribution in [2.75, 3.05) is 0 Å². The summed E-state index contributed by atoms with van der Waals surface area (Å²) in [5, 5.41) is 16.2. The highest BCUT2D eigenvalue weighted by Crippen LogP contribution is 2.55. The Kier molecular flexibility index (Phi) is 14.9. The molecule has 0 aliphatic heterocycles. The summed E-state index contributed by atoms with van der Waals surface area (Å²) >= 11 is 0. The van der Waals surface area contributed by atoms with E-state index in [1.807, 2.05) is 116 Å². The Labute approximate surface area is 574 Å². The van der Waals surface area contributed by atoms with Gasteiger partial charge >= 0.3 is 0 Å². The average molecular weight is 1330 g/mol. The zero-order valence-electron chi connectivity index (χ0n) is 59.1. The number of unbranched alkanes of at least 4 members (excludes halogenated alkanes) is 6. The molecular formula is C86H84N6O8. The first-order chi connectivity index (χ1) is 48.6. The number of fused-ring (bicyclic) bond motifs is 2. The molecule has 0 fully saturated rings. The van der Waals surface area contributed by atoms with Gasteiger partial charge in [0.05, 0.1) is 43.6 Å². The predicted octanol–water partition coefficient (Wildman–Crippen LogP) is 19.0. The van der Waals surface area contributed by atoms with E-state index in [0.29, 0.717) is 129 Å². The van der Waals surface area contributed by atoms with Gasteiger partial charge in [-0.25, -0.2) is 0 Å². The largest absolute Gasteiger partial charge is 0.340 e. The van der Waals surface area contributed by atoms with Gasteiger partial charge in [0.15, 0.2) is 0 Å². The summed E-state index contributed by atoms with van der Waals surface area (Å²) in [6, 6.07) is 26.8. The molecule has 0 N–H and O–H groups in total. The molecule has 14 nitrogen and oxygen atoms in total. The molecule has 0 aliphatic carbocycles. The molecule has 0 spiro atoms. The lowest BCUT2D eigenvalue weighted by molar-refractivity contribution is 0.451. The van der Waals surface area contributed by atoms with Crippen LogP contribution in [0.4, 0.5) is 0 Å². The fraction of sp³-hybridized carbons (Fsp3) is 0.372. The zero-order chi connectivity index (χ0) is 69.5. The first-order valence-corrected chi connectivity index (χ1v) is 37.4. The molecule has 6 heterocycles. The third kappa shape index (κ3) is 8.18. The lowest BCUT2D eigenvalue weighted by atomic mass is 9.82. The monoisotopic (exact) mass is 1330 g/mol. The topological polar surface area (TPSA) is 166 Å². The van der Waals surface area contributed by atoms with Crippen molar-refractivity contribution in [2.24, 2.45) is 0 Å². The number of hydrogen-bond donors (Lipinski definition) is 0. The minimum Gasteiger partial charge on any atom is -0.340 e. The van der Waals surface area contributed by atoms with Crippen LogP contribution in [0.2, 0.25) is 0 Å². The van der Waals surface area contributed by atoms with Gasteiger partial charge in [0.2, 0.25) is 0 Å². The molecule has 11 aromatic carbocycles.